The molecule has 102 valence electrons. The van der Waals surface area contributed by atoms with Gasteiger partial charge in [0.25, 0.3) is 0 Å². The molecule has 2 aromatic rings. The van der Waals surface area contributed by atoms with Crippen LogP contribution in [0.25, 0.3) is 0 Å². The highest BCUT2D eigenvalue weighted by molar-refractivity contribution is 6.34. The van der Waals surface area contributed by atoms with Gasteiger partial charge in [0.15, 0.2) is 0 Å². The molecule has 3 nitrogen and oxygen atoms in total. The van der Waals surface area contributed by atoms with Gasteiger partial charge in [-0.15, -0.1) is 0 Å². The molecule has 0 saturated carbocycles. The maximum Gasteiger partial charge on any atom is 0.203 e. The van der Waals surface area contributed by atoms with E-state index >= 15 is 0 Å². The number of hydrogen-bond donors (Lipinski definition) is 1. The molecular weight excluding hydrogens is 250 g/mol. The summed E-state index contributed by atoms with van der Waals surface area (Å²) >= 11 is 0. The first-order valence-electron chi connectivity index (χ1n) is 6.44. The van der Waals surface area contributed by atoms with E-state index in [9.17, 15) is 4.79 Å². The molecule has 0 amide bonds. The van der Waals surface area contributed by atoms with Gasteiger partial charge < -0.3 is 10.1 Å². The Hall–Kier alpha value is -2.42. The number of benzene rings is 2. The van der Waals surface area contributed by atoms with E-state index in [1.54, 1.807) is 12.1 Å². The van der Waals surface area contributed by atoms with Crippen LogP contribution in [-0.4, -0.2) is 12.0 Å². The predicted molar refractivity (Wildman–Crippen MR) is 79.8 cm³/mol. The van der Waals surface area contributed by atoms with E-state index < -0.39 is 0 Å². The van der Waals surface area contributed by atoms with Gasteiger partial charge in [-0.3, -0.25) is 4.79 Å². The molecule has 0 fully saturated rings. The molecule has 0 radical (unpaired) electrons. The highest BCUT2D eigenvalue weighted by Crippen LogP contribution is 2.20. The van der Waals surface area contributed by atoms with E-state index in [-0.39, 0.29) is 5.78 Å². The minimum Gasteiger partial charge on any atom is -0.489 e. The van der Waals surface area contributed by atoms with Crippen molar-refractivity contribution in [1.29, 1.82) is 5.41 Å². The van der Waals surface area contributed by atoms with Crippen LogP contribution in [0, 0.1) is 19.3 Å². The smallest absolute Gasteiger partial charge is 0.203 e. The molecule has 0 atom stereocenters. The Morgan fingerprint density at radius 2 is 1.85 bits per heavy atom. The second-order valence-corrected chi connectivity index (χ2v) is 4.76. The molecule has 0 heterocycles. The van der Waals surface area contributed by atoms with Crippen LogP contribution < -0.4 is 4.74 Å². The molecular formula is C17H17NO2. The van der Waals surface area contributed by atoms with Crippen molar-refractivity contribution in [3.05, 3.63) is 64.7 Å². The summed E-state index contributed by atoms with van der Waals surface area (Å²) in [6.07, 6.45) is 0.821. The summed E-state index contributed by atoms with van der Waals surface area (Å²) < 4.78 is 5.80. The van der Waals surface area contributed by atoms with Crippen LogP contribution in [-0.2, 0) is 6.61 Å². The summed E-state index contributed by atoms with van der Waals surface area (Å²) in [5, 5.41) is 6.94. The normalized spacial score (nSPS) is 10.1. The summed E-state index contributed by atoms with van der Waals surface area (Å²) in [6, 6.07) is 13.2. The number of nitrogens with one attached hydrogen (secondary N) is 1. The lowest BCUT2D eigenvalue weighted by atomic mass is 10.1. The average molecular weight is 267 g/mol. The van der Waals surface area contributed by atoms with Crippen LogP contribution in [0.1, 0.15) is 27.0 Å². The van der Waals surface area contributed by atoms with Gasteiger partial charge in [0, 0.05) is 5.56 Å². The predicted octanol–water partition coefficient (Wildman–Crippen LogP) is 3.71. The van der Waals surface area contributed by atoms with E-state index in [2.05, 4.69) is 6.07 Å². The third-order valence-corrected chi connectivity index (χ3v) is 3.11. The molecule has 0 aliphatic heterocycles. The van der Waals surface area contributed by atoms with Crippen molar-refractivity contribution in [1.82, 2.24) is 0 Å². The van der Waals surface area contributed by atoms with Crippen molar-refractivity contribution < 1.29 is 9.53 Å². The van der Waals surface area contributed by atoms with Crippen LogP contribution in [0.4, 0.5) is 0 Å². The van der Waals surface area contributed by atoms with Gasteiger partial charge in [-0.25, -0.2) is 0 Å². The molecule has 1 N–H and O–H groups in total. The maximum atomic E-state index is 11.3. The second kappa shape index (κ2) is 6.15. The highest BCUT2D eigenvalue weighted by Gasteiger charge is 2.03. The fraction of sp³-hybridized carbons (Fsp3) is 0.176. The highest BCUT2D eigenvalue weighted by atomic mass is 16.5. The molecule has 0 bridgehead atoms. The molecule has 0 aliphatic carbocycles. The van der Waals surface area contributed by atoms with Crippen LogP contribution in [0.3, 0.4) is 0 Å². The molecule has 0 aromatic heterocycles. The van der Waals surface area contributed by atoms with Crippen molar-refractivity contribution in [3.63, 3.8) is 0 Å². The lowest BCUT2D eigenvalue weighted by Crippen LogP contribution is -2.01. The number of ether oxygens (including phenoxy) is 1. The molecule has 0 unspecified atom stereocenters. The van der Waals surface area contributed by atoms with Crippen molar-refractivity contribution in [2.45, 2.75) is 20.5 Å². The first-order valence-corrected chi connectivity index (χ1v) is 6.44. The van der Waals surface area contributed by atoms with E-state index in [0.29, 0.717) is 12.2 Å². The maximum absolute atomic E-state index is 11.3. The molecule has 2 rings (SSSR count). The topological polar surface area (TPSA) is 50.2 Å². The third kappa shape index (κ3) is 3.32. The molecule has 3 heteroatoms. The average Bonchev–Trinajstić information content (AvgIpc) is 2.48. The first-order chi connectivity index (χ1) is 9.60. The van der Waals surface area contributed by atoms with Gasteiger partial charge in [0.1, 0.15) is 12.4 Å². The minimum atomic E-state index is -0.285. The molecule has 20 heavy (non-hydrogen) atoms. The van der Waals surface area contributed by atoms with Crippen molar-refractivity contribution in [3.8, 4) is 5.75 Å². The summed E-state index contributed by atoms with van der Waals surface area (Å²) in [7, 11) is 0. The lowest BCUT2D eigenvalue weighted by molar-refractivity contribution is 0.107. The quantitative estimate of drug-likeness (QED) is 0.663. The van der Waals surface area contributed by atoms with E-state index in [1.165, 1.54) is 0 Å². The SMILES string of the molecule is Cc1ccc(C)c(OCc2ccc(C(=O)C=N)cc2)c1. The van der Waals surface area contributed by atoms with Crippen LogP contribution in [0.2, 0.25) is 0 Å². The van der Waals surface area contributed by atoms with Crippen molar-refractivity contribution in [2.24, 2.45) is 0 Å². The summed E-state index contributed by atoms with van der Waals surface area (Å²) in [6.45, 7) is 4.51. The number of Topliss-reactive ketones (excluding diaryl/α,β-unsaturated/α-hetero) is 1. The Bertz CT molecular complexity index is 630. The number of aryl methyl sites for hydroxylation is 2. The number of ketones is 1. The summed E-state index contributed by atoms with van der Waals surface area (Å²) in [5.74, 6) is 0.594. The van der Waals surface area contributed by atoms with E-state index in [0.717, 1.165) is 28.7 Å². The molecule has 0 saturated heterocycles. The largest absolute Gasteiger partial charge is 0.489 e. The number of carbonyl (C=O) groups excluding carboxylic acids is 1. The Morgan fingerprint density at radius 3 is 2.50 bits per heavy atom. The first kappa shape index (κ1) is 14.0. The Labute approximate surface area is 118 Å². The fourth-order valence-electron chi connectivity index (χ4n) is 1.87. The Balaban J connectivity index is 2.05. The van der Waals surface area contributed by atoms with Gasteiger partial charge in [-0.2, -0.15) is 0 Å². The molecule has 2 aromatic carbocycles. The van der Waals surface area contributed by atoms with Crippen LogP contribution in [0.5, 0.6) is 5.75 Å². The monoisotopic (exact) mass is 267 g/mol. The zero-order valence-electron chi connectivity index (χ0n) is 11.6. The van der Waals surface area contributed by atoms with Crippen molar-refractivity contribution in [2.75, 3.05) is 0 Å². The van der Waals surface area contributed by atoms with Gasteiger partial charge in [0.05, 0.1) is 6.21 Å². The van der Waals surface area contributed by atoms with E-state index in [4.69, 9.17) is 10.1 Å². The minimum absolute atomic E-state index is 0.285. The zero-order valence-corrected chi connectivity index (χ0v) is 11.6. The van der Waals surface area contributed by atoms with Gasteiger partial charge in [0.2, 0.25) is 5.78 Å². The number of carbonyl (C=O) groups is 1. The standard InChI is InChI=1S/C17H17NO2/c1-12-3-4-13(2)17(9-12)20-11-14-5-7-15(8-6-14)16(19)10-18/h3-10,18H,11H2,1-2H3. The molecule has 0 aliphatic rings. The fourth-order valence-corrected chi connectivity index (χ4v) is 1.87. The second-order valence-electron chi connectivity index (χ2n) is 4.76. The van der Waals surface area contributed by atoms with Gasteiger partial charge in [-0.1, -0.05) is 36.4 Å². The Morgan fingerprint density at radius 1 is 1.15 bits per heavy atom. The summed E-state index contributed by atoms with van der Waals surface area (Å²) in [4.78, 5) is 11.3. The number of rotatable bonds is 5. The lowest BCUT2D eigenvalue weighted by Gasteiger charge is -2.10. The summed E-state index contributed by atoms with van der Waals surface area (Å²) in [5.41, 5.74) is 3.78. The van der Waals surface area contributed by atoms with E-state index in [1.807, 2.05) is 38.1 Å². The third-order valence-electron chi connectivity index (χ3n) is 3.11. The van der Waals surface area contributed by atoms with Crippen molar-refractivity contribution >= 4 is 12.0 Å². The number of hydrogen-bond acceptors (Lipinski definition) is 3. The Kier molecular flexibility index (Phi) is 4.31. The zero-order chi connectivity index (χ0) is 14.5. The van der Waals surface area contributed by atoms with Crippen LogP contribution in [0.15, 0.2) is 42.5 Å². The molecule has 0 spiro atoms. The van der Waals surface area contributed by atoms with Gasteiger partial charge in [-0.05, 0) is 36.6 Å². The van der Waals surface area contributed by atoms with Crippen LogP contribution >= 0.6 is 0 Å². The van der Waals surface area contributed by atoms with Gasteiger partial charge >= 0.3 is 0 Å².